The highest BCUT2D eigenvalue weighted by atomic mass is 32.2. The second kappa shape index (κ2) is 7.68. The van der Waals surface area contributed by atoms with Gasteiger partial charge in [0, 0.05) is 18.3 Å². The minimum atomic E-state index is 0.846. The van der Waals surface area contributed by atoms with Crippen molar-refractivity contribution in [1.29, 1.82) is 0 Å². The van der Waals surface area contributed by atoms with Crippen molar-refractivity contribution in [3.8, 4) is 0 Å². The van der Waals surface area contributed by atoms with Crippen LogP contribution in [-0.2, 0) is 0 Å². The summed E-state index contributed by atoms with van der Waals surface area (Å²) < 4.78 is 0. The van der Waals surface area contributed by atoms with Crippen molar-refractivity contribution in [3.63, 3.8) is 0 Å². The number of hydrogen-bond donors (Lipinski definition) is 1. The lowest BCUT2D eigenvalue weighted by molar-refractivity contribution is 0.152. The smallest absolute Gasteiger partial charge is 0.00983 e. The van der Waals surface area contributed by atoms with Crippen LogP contribution in [0, 0.1) is 11.8 Å². The lowest BCUT2D eigenvalue weighted by Gasteiger charge is -2.39. The van der Waals surface area contributed by atoms with Gasteiger partial charge >= 0.3 is 0 Å². The van der Waals surface area contributed by atoms with Crippen LogP contribution in [0.4, 0.5) is 0 Å². The van der Waals surface area contributed by atoms with Crippen LogP contribution >= 0.6 is 11.8 Å². The van der Waals surface area contributed by atoms with Crippen molar-refractivity contribution in [2.24, 2.45) is 11.8 Å². The molecule has 2 rings (SSSR count). The van der Waals surface area contributed by atoms with Gasteiger partial charge in [-0.05, 0) is 30.9 Å². The van der Waals surface area contributed by atoms with Crippen LogP contribution in [0.2, 0.25) is 0 Å². The third-order valence-electron chi connectivity index (χ3n) is 4.79. The minimum absolute atomic E-state index is 0.846. The van der Waals surface area contributed by atoms with E-state index < -0.39 is 0 Å². The predicted molar refractivity (Wildman–Crippen MR) is 78.7 cm³/mol. The van der Waals surface area contributed by atoms with Gasteiger partial charge in [0.25, 0.3) is 0 Å². The normalized spacial score (nSPS) is 31.6. The Morgan fingerprint density at radius 3 is 2.41 bits per heavy atom. The highest BCUT2D eigenvalue weighted by Gasteiger charge is 2.31. The standard InChI is InChI=1S/C15H29NS/c1-17-12-11-16-15-10-6-5-9-14(15)13-7-3-2-4-8-13/h13-16H,2-12H2,1H3. The molecule has 0 saturated heterocycles. The monoisotopic (exact) mass is 255 g/mol. The zero-order valence-corrected chi connectivity index (χ0v) is 12.2. The molecule has 100 valence electrons. The van der Waals surface area contributed by atoms with Gasteiger partial charge in [0.2, 0.25) is 0 Å². The summed E-state index contributed by atoms with van der Waals surface area (Å²) in [6, 6.07) is 0.846. The van der Waals surface area contributed by atoms with Crippen molar-refractivity contribution >= 4 is 11.8 Å². The van der Waals surface area contributed by atoms with Crippen molar-refractivity contribution in [3.05, 3.63) is 0 Å². The Kier molecular flexibility index (Phi) is 6.21. The van der Waals surface area contributed by atoms with Gasteiger partial charge < -0.3 is 5.32 Å². The van der Waals surface area contributed by atoms with Gasteiger partial charge in [0.15, 0.2) is 0 Å². The summed E-state index contributed by atoms with van der Waals surface area (Å²) in [4.78, 5) is 0. The van der Waals surface area contributed by atoms with Crippen molar-refractivity contribution < 1.29 is 0 Å². The maximum absolute atomic E-state index is 3.85. The summed E-state index contributed by atoms with van der Waals surface area (Å²) in [5, 5.41) is 3.85. The molecule has 0 aromatic carbocycles. The van der Waals surface area contributed by atoms with Gasteiger partial charge in [-0.25, -0.2) is 0 Å². The molecule has 2 fully saturated rings. The lowest BCUT2D eigenvalue weighted by Crippen LogP contribution is -2.43. The molecule has 0 aliphatic heterocycles. The van der Waals surface area contributed by atoms with Gasteiger partial charge in [-0.15, -0.1) is 0 Å². The van der Waals surface area contributed by atoms with Crippen molar-refractivity contribution in [2.45, 2.75) is 63.8 Å². The van der Waals surface area contributed by atoms with E-state index in [1.54, 1.807) is 0 Å². The number of hydrogen-bond acceptors (Lipinski definition) is 2. The van der Waals surface area contributed by atoms with E-state index in [1.165, 1.54) is 70.1 Å². The largest absolute Gasteiger partial charge is 0.313 e. The average molecular weight is 255 g/mol. The predicted octanol–water partition coefficient (Wildman–Crippen LogP) is 4.08. The Bertz CT molecular complexity index is 201. The van der Waals surface area contributed by atoms with Crippen LogP contribution in [0.15, 0.2) is 0 Å². The molecule has 2 saturated carbocycles. The summed E-state index contributed by atoms with van der Waals surface area (Å²) in [6.45, 7) is 1.22. The summed E-state index contributed by atoms with van der Waals surface area (Å²) in [5.74, 6) is 3.33. The SMILES string of the molecule is CSCCNC1CCCCC1C1CCCCC1. The molecule has 0 bridgehead atoms. The highest BCUT2D eigenvalue weighted by Crippen LogP contribution is 2.38. The first-order valence-corrected chi connectivity index (χ1v) is 9.03. The Morgan fingerprint density at radius 1 is 0.941 bits per heavy atom. The summed E-state index contributed by atoms with van der Waals surface area (Å²) in [7, 11) is 0. The van der Waals surface area contributed by atoms with E-state index in [4.69, 9.17) is 0 Å². The molecule has 2 unspecified atom stereocenters. The molecule has 1 N–H and O–H groups in total. The highest BCUT2D eigenvalue weighted by molar-refractivity contribution is 7.98. The Hall–Kier alpha value is 0.310. The van der Waals surface area contributed by atoms with E-state index in [1.807, 2.05) is 11.8 Å². The fourth-order valence-electron chi connectivity index (χ4n) is 3.89. The van der Waals surface area contributed by atoms with E-state index in [-0.39, 0.29) is 0 Å². The van der Waals surface area contributed by atoms with Crippen LogP contribution < -0.4 is 5.32 Å². The summed E-state index contributed by atoms with van der Waals surface area (Å²) in [5.41, 5.74) is 0. The molecular formula is C15H29NS. The summed E-state index contributed by atoms with van der Waals surface area (Å²) in [6.07, 6.45) is 15.6. The number of thioether (sulfide) groups is 1. The number of rotatable bonds is 5. The van der Waals surface area contributed by atoms with Gasteiger partial charge in [-0.1, -0.05) is 44.9 Å². The minimum Gasteiger partial charge on any atom is -0.313 e. The zero-order valence-electron chi connectivity index (χ0n) is 11.4. The van der Waals surface area contributed by atoms with Gasteiger partial charge in [-0.2, -0.15) is 11.8 Å². The molecule has 2 heteroatoms. The fourth-order valence-corrected chi connectivity index (χ4v) is 4.21. The second-order valence-electron chi connectivity index (χ2n) is 5.90. The molecule has 0 amide bonds. The molecule has 0 spiro atoms. The molecular weight excluding hydrogens is 226 g/mol. The molecule has 0 radical (unpaired) electrons. The maximum Gasteiger partial charge on any atom is 0.00983 e. The fraction of sp³-hybridized carbons (Fsp3) is 1.00. The molecule has 0 aromatic rings. The first-order chi connectivity index (χ1) is 8.42. The lowest BCUT2D eigenvalue weighted by atomic mass is 9.71. The van der Waals surface area contributed by atoms with Crippen LogP contribution in [0.3, 0.4) is 0 Å². The van der Waals surface area contributed by atoms with Gasteiger partial charge in [0.05, 0.1) is 0 Å². The third kappa shape index (κ3) is 4.17. The molecule has 0 heterocycles. The van der Waals surface area contributed by atoms with E-state index >= 15 is 0 Å². The van der Waals surface area contributed by atoms with Gasteiger partial charge in [-0.3, -0.25) is 0 Å². The molecule has 17 heavy (non-hydrogen) atoms. The van der Waals surface area contributed by atoms with Crippen molar-refractivity contribution in [2.75, 3.05) is 18.6 Å². The average Bonchev–Trinajstić information content (AvgIpc) is 2.41. The maximum atomic E-state index is 3.85. The van der Waals surface area contributed by atoms with E-state index in [0.717, 1.165) is 17.9 Å². The third-order valence-corrected chi connectivity index (χ3v) is 5.40. The van der Waals surface area contributed by atoms with Crippen LogP contribution in [0.25, 0.3) is 0 Å². The van der Waals surface area contributed by atoms with Crippen LogP contribution in [0.1, 0.15) is 57.8 Å². The van der Waals surface area contributed by atoms with Crippen LogP contribution in [0.5, 0.6) is 0 Å². The first kappa shape index (κ1) is 13.7. The molecule has 0 aromatic heterocycles. The Morgan fingerprint density at radius 2 is 1.65 bits per heavy atom. The topological polar surface area (TPSA) is 12.0 Å². The van der Waals surface area contributed by atoms with E-state index in [9.17, 15) is 0 Å². The first-order valence-electron chi connectivity index (χ1n) is 7.64. The molecule has 1 nitrogen and oxygen atoms in total. The van der Waals surface area contributed by atoms with Crippen molar-refractivity contribution in [1.82, 2.24) is 5.32 Å². The Labute approximate surface area is 112 Å². The van der Waals surface area contributed by atoms with Crippen LogP contribution in [-0.4, -0.2) is 24.6 Å². The zero-order chi connectivity index (χ0) is 11.9. The quantitative estimate of drug-likeness (QED) is 0.743. The molecule has 2 atom stereocenters. The van der Waals surface area contributed by atoms with E-state index in [2.05, 4.69) is 11.6 Å². The van der Waals surface area contributed by atoms with E-state index in [0.29, 0.717) is 0 Å². The second-order valence-corrected chi connectivity index (χ2v) is 6.89. The molecule has 2 aliphatic carbocycles. The Balaban J connectivity index is 1.82. The molecule has 2 aliphatic rings. The van der Waals surface area contributed by atoms with Gasteiger partial charge in [0.1, 0.15) is 0 Å². The summed E-state index contributed by atoms with van der Waals surface area (Å²) >= 11 is 1.96. The number of nitrogens with one attached hydrogen (secondary N) is 1.